The van der Waals surface area contributed by atoms with Crippen LogP contribution in [0.5, 0.6) is 0 Å². The van der Waals surface area contributed by atoms with Crippen LogP contribution in [0.1, 0.15) is 0 Å². The van der Waals surface area contributed by atoms with Gasteiger partial charge in [-0.05, 0) is 62.4 Å². The van der Waals surface area contributed by atoms with Crippen LogP contribution >= 0.6 is 0 Å². The zero-order chi connectivity index (χ0) is 33.7. The van der Waals surface area contributed by atoms with E-state index >= 15 is 0 Å². The Balaban J connectivity index is 1.29. The fourth-order valence-electron chi connectivity index (χ4n) is 7.60. The minimum absolute atomic E-state index is 0.651. The first kappa shape index (κ1) is 29.1. The Morgan fingerprint density at radius 3 is 1.57 bits per heavy atom. The van der Waals surface area contributed by atoms with Crippen LogP contribution < -0.4 is 0 Å². The number of hydrogen-bond acceptors (Lipinski definition) is 2. The van der Waals surface area contributed by atoms with E-state index in [1.165, 1.54) is 43.8 Å². The average Bonchev–Trinajstić information content (AvgIpc) is 3.55. The first-order valence-electron chi connectivity index (χ1n) is 17.3. The van der Waals surface area contributed by atoms with E-state index < -0.39 is 0 Å². The largest absolute Gasteiger partial charge is 0.278 e. The van der Waals surface area contributed by atoms with Gasteiger partial charge in [0.25, 0.3) is 0 Å². The Hall–Kier alpha value is -6.84. The normalized spacial score (nSPS) is 11.5. The number of benzene rings is 8. The number of hydrogen-bond donors (Lipinski definition) is 0. The van der Waals surface area contributed by atoms with Crippen LogP contribution in [0, 0.1) is 0 Å². The van der Waals surface area contributed by atoms with Gasteiger partial charge < -0.3 is 0 Å². The lowest BCUT2D eigenvalue weighted by atomic mass is 9.94. The summed E-state index contributed by atoms with van der Waals surface area (Å²) in [7, 11) is 0. The third kappa shape index (κ3) is 4.90. The molecule has 51 heavy (non-hydrogen) atoms. The predicted molar refractivity (Wildman–Crippen MR) is 213 cm³/mol. The maximum absolute atomic E-state index is 5.40. The van der Waals surface area contributed by atoms with Crippen LogP contribution in [0.25, 0.3) is 94.1 Å². The summed E-state index contributed by atoms with van der Waals surface area (Å²) in [6, 6.07) is 66.8. The third-order valence-electron chi connectivity index (χ3n) is 10.0. The summed E-state index contributed by atoms with van der Waals surface area (Å²) in [4.78, 5) is 10.7. The molecule has 238 valence electrons. The molecule has 2 heterocycles. The molecule has 2 aromatic heterocycles. The standard InChI is InChI=1S/C48H31N3/c1-4-14-32(15-5-1)33-24-26-34(27-25-33)37-28-29-41-44(30-37)51(48-49-43-23-13-12-22-40(43)47(50-48)36-18-8-3-9-19-36)45-31-42(35-16-6-2-7-17-35)38-20-10-11-21-39(38)46(41)45/h1-31H. The van der Waals surface area contributed by atoms with Crippen molar-refractivity contribution in [1.29, 1.82) is 0 Å². The van der Waals surface area contributed by atoms with E-state index in [0.29, 0.717) is 5.95 Å². The highest BCUT2D eigenvalue weighted by molar-refractivity contribution is 6.24. The Morgan fingerprint density at radius 1 is 0.333 bits per heavy atom. The summed E-state index contributed by atoms with van der Waals surface area (Å²) in [5.41, 5.74) is 12.1. The maximum Gasteiger partial charge on any atom is 0.235 e. The lowest BCUT2D eigenvalue weighted by Gasteiger charge is -2.13. The molecule has 0 atom stereocenters. The van der Waals surface area contributed by atoms with Gasteiger partial charge in [-0.15, -0.1) is 0 Å². The van der Waals surface area contributed by atoms with Gasteiger partial charge in [-0.2, -0.15) is 0 Å². The monoisotopic (exact) mass is 649 g/mol. The molecular weight excluding hydrogens is 619 g/mol. The molecule has 0 saturated heterocycles. The number of rotatable bonds is 5. The number of fused-ring (bicyclic) bond motifs is 6. The van der Waals surface area contributed by atoms with E-state index in [1.807, 2.05) is 6.07 Å². The molecule has 0 fully saturated rings. The molecule has 0 aliphatic heterocycles. The molecule has 0 spiro atoms. The van der Waals surface area contributed by atoms with Gasteiger partial charge in [0.1, 0.15) is 0 Å². The molecule has 0 aliphatic carbocycles. The Labute approximate surface area is 295 Å². The Kier molecular flexibility index (Phi) is 6.81. The van der Waals surface area contributed by atoms with E-state index in [0.717, 1.165) is 44.3 Å². The summed E-state index contributed by atoms with van der Waals surface area (Å²) < 4.78 is 2.28. The topological polar surface area (TPSA) is 30.7 Å². The second kappa shape index (κ2) is 11.9. The van der Waals surface area contributed by atoms with E-state index in [1.54, 1.807) is 0 Å². The minimum atomic E-state index is 0.651. The molecule has 0 unspecified atom stereocenters. The van der Waals surface area contributed by atoms with Crippen LogP contribution in [0.3, 0.4) is 0 Å². The summed E-state index contributed by atoms with van der Waals surface area (Å²) in [6.45, 7) is 0. The molecular formula is C48H31N3. The molecule has 3 nitrogen and oxygen atoms in total. The number of para-hydroxylation sites is 1. The van der Waals surface area contributed by atoms with Crippen LogP contribution in [0.15, 0.2) is 188 Å². The Morgan fingerprint density at radius 2 is 0.863 bits per heavy atom. The summed E-state index contributed by atoms with van der Waals surface area (Å²) >= 11 is 0. The van der Waals surface area contributed by atoms with Gasteiger partial charge in [0.2, 0.25) is 5.95 Å². The van der Waals surface area contributed by atoms with E-state index in [9.17, 15) is 0 Å². The Bertz CT molecular complexity index is 2870. The van der Waals surface area contributed by atoms with Crippen molar-refractivity contribution >= 4 is 43.5 Å². The first-order valence-corrected chi connectivity index (χ1v) is 17.3. The molecule has 0 radical (unpaired) electrons. The lowest BCUT2D eigenvalue weighted by Crippen LogP contribution is -2.03. The quantitative estimate of drug-likeness (QED) is 0.186. The molecule has 0 aliphatic rings. The SMILES string of the molecule is c1ccc(-c2ccc(-c3ccc4c5c6ccccc6c(-c6ccccc6)cc5n(-c5nc(-c6ccccc6)c6ccccc6n5)c4c3)cc2)cc1. The van der Waals surface area contributed by atoms with Crippen LogP contribution in [0.4, 0.5) is 0 Å². The summed E-state index contributed by atoms with van der Waals surface area (Å²) in [5, 5.41) is 5.83. The van der Waals surface area contributed by atoms with Gasteiger partial charge in [-0.1, -0.05) is 170 Å². The zero-order valence-corrected chi connectivity index (χ0v) is 27.7. The summed E-state index contributed by atoms with van der Waals surface area (Å²) in [6.07, 6.45) is 0. The fraction of sp³-hybridized carbons (Fsp3) is 0. The van der Waals surface area contributed by atoms with Crippen LogP contribution in [-0.2, 0) is 0 Å². The van der Waals surface area contributed by atoms with Crippen molar-refractivity contribution in [3.8, 4) is 50.6 Å². The number of nitrogens with zero attached hydrogens (tertiary/aromatic N) is 3. The fourth-order valence-corrected chi connectivity index (χ4v) is 7.60. The molecule has 0 saturated carbocycles. The highest BCUT2D eigenvalue weighted by Gasteiger charge is 2.21. The minimum Gasteiger partial charge on any atom is -0.278 e. The molecule has 8 aromatic carbocycles. The smallest absolute Gasteiger partial charge is 0.235 e. The molecule has 0 bridgehead atoms. The third-order valence-corrected chi connectivity index (χ3v) is 10.0. The van der Waals surface area contributed by atoms with Gasteiger partial charge in [-0.25, -0.2) is 9.97 Å². The van der Waals surface area contributed by atoms with Crippen molar-refractivity contribution in [3.63, 3.8) is 0 Å². The molecule has 3 heteroatoms. The molecule has 10 rings (SSSR count). The second-order valence-corrected chi connectivity index (χ2v) is 13.0. The van der Waals surface area contributed by atoms with Gasteiger partial charge in [-0.3, -0.25) is 4.57 Å². The van der Waals surface area contributed by atoms with Crippen LogP contribution in [-0.4, -0.2) is 14.5 Å². The van der Waals surface area contributed by atoms with Crippen molar-refractivity contribution in [2.75, 3.05) is 0 Å². The van der Waals surface area contributed by atoms with Crippen molar-refractivity contribution in [2.24, 2.45) is 0 Å². The molecule has 10 aromatic rings. The first-order chi connectivity index (χ1) is 25.3. The van der Waals surface area contributed by atoms with Crippen molar-refractivity contribution in [3.05, 3.63) is 188 Å². The van der Waals surface area contributed by atoms with E-state index in [4.69, 9.17) is 9.97 Å². The second-order valence-electron chi connectivity index (χ2n) is 13.0. The van der Waals surface area contributed by atoms with Gasteiger partial charge in [0, 0.05) is 21.7 Å². The predicted octanol–water partition coefficient (Wildman–Crippen LogP) is 12.5. The molecule has 0 N–H and O–H groups in total. The van der Waals surface area contributed by atoms with E-state index in [-0.39, 0.29) is 0 Å². The maximum atomic E-state index is 5.40. The molecule has 0 amide bonds. The highest BCUT2D eigenvalue weighted by Crippen LogP contribution is 2.42. The summed E-state index contributed by atoms with van der Waals surface area (Å²) in [5.74, 6) is 0.651. The number of aromatic nitrogens is 3. The van der Waals surface area contributed by atoms with Crippen molar-refractivity contribution in [1.82, 2.24) is 14.5 Å². The van der Waals surface area contributed by atoms with Crippen molar-refractivity contribution < 1.29 is 0 Å². The van der Waals surface area contributed by atoms with Crippen molar-refractivity contribution in [2.45, 2.75) is 0 Å². The highest BCUT2D eigenvalue weighted by atomic mass is 15.2. The van der Waals surface area contributed by atoms with E-state index in [2.05, 4.69) is 187 Å². The van der Waals surface area contributed by atoms with Crippen LogP contribution in [0.2, 0.25) is 0 Å². The van der Waals surface area contributed by atoms with Gasteiger partial charge in [0.15, 0.2) is 0 Å². The lowest BCUT2D eigenvalue weighted by molar-refractivity contribution is 1.01. The zero-order valence-electron chi connectivity index (χ0n) is 27.7. The van der Waals surface area contributed by atoms with Gasteiger partial charge >= 0.3 is 0 Å². The average molecular weight is 650 g/mol. The van der Waals surface area contributed by atoms with Gasteiger partial charge in [0.05, 0.1) is 22.2 Å².